The van der Waals surface area contributed by atoms with Crippen molar-refractivity contribution in [2.45, 2.75) is 52.2 Å². The number of rotatable bonds is 4. The molecule has 0 saturated carbocycles. The fourth-order valence-corrected chi connectivity index (χ4v) is 1.40. The normalized spacial score (nSPS) is 15.6. The van der Waals surface area contributed by atoms with Crippen LogP contribution < -0.4 is 0 Å². The predicted octanol–water partition coefficient (Wildman–Crippen LogP) is 2.96. The second-order valence-electron chi connectivity index (χ2n) is 4.19. The van der Waals surface area contributed by atoms with Crippen LogP contribution in [-0.4, -0.2) is 15.5 Å². The Kier molecular flexibility index (Phi) is 5.65. The van der Waals surface area contributed by atoms with Gasteiger partial charge in [0.1, 0.15) is 16.1 Å². The molecule has 0 N–H and O–H groups in total. The maximum absolute atomic E-state index is 11.5. The number of hydrogen-bond acceptors (Lipinski definition) is 2. The second kappa shape index (κ2) is 5.66. The van der Waals surface area contributed by atoms with Crippen LogP contribution >= 0.6 is 0 Å². The first kappa shape index (κ1) is 13.0. The van der Waals surface area contributed by atoms with E-state index >= 15 is 0 Å². The van der Waals surface area contributed by atoms with E-state index in [0.717, 1.165) is 12.8 Å². The van der Waals surface area contributed by atoms with Crippen molar-refractivity contribution < 1.29 is 4.55 Å². The van der Waals surface area contributed by atoms with Gasteiger partial charge < -0.3 is 4.55 Å². The highest BCUT2D eigenvalue weighted by Gasteiger charge is 2.25. The summed E-state index contributed by atoms with van der Waals surface area (Å²) < 4.78 is 15.4. The van der Waals surface area contributed by atoms with Crippen molar-refractivity contribution in [1.29, 1.82) is 0 Å². The van der Waals surface area contributed by atoms with Crippen LogP contribution in [-0.2, 0) is 11.4 Å². The van der Waals surface area contributed by atoms with Gasteiger partial charge in [-0.1, -0.05) is 18.2 Å². The molecule has 0 aliphatic heterocycles. The molecule has 0 rings (SSSR count). The molecule has 0 saturated heterocycles. The maximum atomic E-state index is 11.5. The Morgan fingerprint density at radius 3 is 2.08 bits per heavy atom. The summed E-state index contributed by atoms with van der Waals surface area (Å²) in [4.78, 5) is 0. The van der Waals surface area contributed by atoms with Crippen LogP contribution in [0.4, 0.5) is 0 Å². The van der Waals surface area contributed by atoms with E-state index in [-0.39, 0.29) is 4.75 Å². The lowest BCUT2D eigenvalue weighted by atomic mass is 10.1. The fraction of sp³-hybridized carbons (Fsp3) is 0.900. The summed E-state index contributed by atoms with van der Waals surface area (Å²) in [6.07, 6.45) is 3.99. The minimum atomic E-state index is -1.09. The quantitative estimate of drug-likeness (QED) is 0.511. The molecule has 0 fully saturated rings. The van der Waals surface area contributed by atoms with Gasteiger partial charge >= 0.3 is 0 Å². The summed E-state index contributed by atoms with van der Waals surface area (Å²) >= 11 is -1.09. The van der Waals surface area contributed by atoms with Gasteiger partial charge in [0, 0.05) is 0 Å². The molecule has 0 aliphatic carbocycles. The van der Waals surface area contributed by atoms with Crippen LogP contribution in [0.15, 0.2) is 4.40 Å². The summed E-state index contributed by atoms with van der Waals surface area (Å²) in [5.41, 5.74) is 0. The molecule has 3 heteroatoms. The highest BCUT2D eigenvalue weighted by atomic mass is 32.2. The Hall–Kier alpha value is -0.0200. The van der Waals surface area contributed by atoms with Gasteiger partial charge in [-0.25, -0.2) is 0 Å². The van der Waals surface area contributed by atoms with Crippen molar-refractivity contribution in [2.75, 3.05) is 0 Å². The van der Waals surface area contributed by atoms with E-state index in [1.165, 1.54) is 0 Å². The van der Waals surface area contributed by atoms with Crippen LogP contribution in [0.1, 0.15) is 47.5 Å². The minimum Gasteiger partial charge on any atom is -0.591 e. The first-order chi connectivity index (χ1) is 5.91. The van der Waals surface area contributed by atoms with Crippen LogP contribution in [0.2, 0.25) is 0 Å². The molecule has 1 unspecified atom stereocenters. The molecule has 0 aliphatic rings. The van der Waals surface area contributed by atoms with Crippen LogP contribution in [0.25, 0.3) is 0 Å². The second-order valence-corrected chi connectivity index (χ2v) is 6.13. The SMILES string of the molecule is CCC(C=N[S+]([O-])C(C)(C)C)CC. The van der Waals surface area contributed by atoms with E-state index in [0.29, 0.717) is 5.92 Å². The van der Waals surface area contributed by atoms with E-state index in [1.807, 2.05) is 27.0 Å². The lowest BCUT2D eigenvalue weighted by Gasteiger charge is -2.18. The smallest absolute Gasteiger partial charge is 0.144 e. The molecule has 0 aromatic heterocycles. The molecule has 0 bridgehead atoms. The molecule has 0 amide bonds. The maximum Gasteiger partial charge on any atom is 0.144 e. The summed E-state index contributed by atoms with van der Waals surface area (Å²) in [5, 5.41) is 0. The van der Waals surface area contributed by atoms with Crippen molar-refractivity contribution in [1.82, 2.24) is 0 Å². The van der Waals surface area contributed by atoms with Gasteiger partial charge in [0.2, 0.25) is 0 Å². The Bertz CT molecular complexity index is 159. The molecular weight excluding hydrogens is 182 g/mol. The Balaban J connectivity index is 4.10. The molecule has 0 spiro atoms. The number of nitrogens with zero attached hydrogens (tertiary/aromatic N) is 1. The first-order valence-electron chi connectivity index (χ1n) is 4.88. The van der Waals surface area contributed by atoms with Gasteiger partial charge in [0.05, 0.1) is 6.21 Å². The largest absolute Gasteiger partial charge is 0.591 e. The van der Waals surface area contributed by atoms with E-state index in [4.69, 9.17) is 0 Å². The topological polar surface area (TPSA) is 35.4 Å². The van der Waals surface area contributed by atoms with Gasteiger partial charge in [-0.05, 0) is 39.5 Å². The Morgan fingerprint density at radius 2 is 1.77 bits per heavy atom. The highest BCUT2D eigenvalue weighted by molar-refractivity contribution is 7.91. The van der Waals surface area contributed by atoms with Gasteiger partial charge in [0.25, 0.3) is 0 Å². The van der Waals surface area contributed by atoms with Crippen molar-refractivity contribution >= 4 is 17.6 Å². The first-order valence-corrected chi connectivity index (χ1v) is 5.98. The zero-order valence-corrected chi connectivity index (χ0v) is 10.1. The summed E-state index contributed by atoms with van der Waals surface area (Å²) in [6, 6.07) is 0. The van der Waals surface area contributed by atoms with Gasteiger partial charge in [-0.2, -0.15) is 0 Å². The van der Waals surface area contributed by atoms with Gasteiger partial charge in [0.15, 0.2) is 0 Å². The molecule has 13 heavy (non-hydrogen) atoms. The van der Waals surface area contributed by atoms with Crippen molar-refractivity contribution in [3.05, 3.63) is 0 Å². The zero-order valence-electron chi connectivity index (χ0n) is 9.33. The van der Waals surface area contributed by atoms with Crippen LogP contribution in [0, 0.1) is 5.92 Å². The van der Waals surface area contributed by atoms with Crippen molar-refractivity contribution in [2.24, 2.45) is 10.3 Å². The molecular formula is C10H21NOS. The average Bonchev–Trinajstić information content (AvgIpc) is 2.04. The van der Waals surface area contributed by atoms with Crippen molar-refractivity contribution in [3.8, 4) is 0 Å². The Morgan fingerprint density at radius 1 is 1.31 bits per heavy atom. The molecule has 2 nitrogen and oxygen atoms in total. The van der Waals surface area contributed by atoms with Crippen molar-refractivity contribution in [3.63, 3.8) is 0 Å². The molecule has 1 atom stereocenters. The number of hydrogen-bond donors (Lipinski definition) is 0. The van der Waals surface area contributed by atoms with Gasteiger partial charge in [-0.3, -0.25) is 0 Å². The van der Waals surface area contributed by atoms with Crippen LogP contribution in [0.5, 0.6) is 0 Å². The summed E-state index contributed by atoms with van der Waals surface area (Å²) in [7, 11) is 0. The van der Waals surface area contributed by atoms with Gasteiger partial charge in [-0.15, -0.1) is 0 Å². The summed E-state index contributed by atoms with van der Waals surface area (Å²) in [5.74, 6) is 0.478. The Labute approximate surface area is 85.1 Å². The molecule has 0 heterocycles. The van der Waals surface area contributed by atoms with E-state index in [1.54, 1.807) is 0 Å². The molecule has 0 radical (unpaired) electrons. The third-order valence-corrected chi connectivity index (χ3v) is 3.30. The third-order valence-electron chi connectivity index (χ3n) is 1.94. The fourth-order valence-electron chi connectivity index (χ4n) is 0.799. The summed E-state index contributed by atoms with van der Waals surface area (Å²) in [6.45, 7) is 10.1. The molecule has 78 valence electrons. The zero-order chi connectivity index (χ0) is 10.5. The third kappa shape index (κ3) is 5.32. The minimum absolute atomic E-state index is 0.234. The molecule has 0 aromatic carbocycles. The average molecular weight is 203 g/mol. The lowest BCUT2D eigenvalue weighted by Crippen LogP contribution is -2.26. The van der Waals surface area contributed by atoms with E-state index < -0.39 is 11.4 Å². The molecule has 0 aromatic rings. The van der Waals surface area contributed by atoms with E-state index in [2.05, 4.69) is 18.2 Å². The monoisotopic (exact) mass is 203 g/mol. The highest BCUT2D eigenvalue weighted by Crippen LogP contribution is 2.17. The van der Waals surface area contributed by atoms with Crippen LogP contribution in [0.3, 0.4) is 0 Å². The standard InChI is InChI=1S/C10H21NOS/c1-6-9(7-2)8-11-13(12)10(3,4)5/h8-9H,6-7H2,1-5H3. The lowest BCUT2D eigenvalue weighted by molar-refractivity contribution is 0.560. The van der Waals surface area contributed by atoms with E-state index in [9.17, 15) is 4.55 Å². The predicted molar refractivity (Wildman–Crippen MR) is 60.5 cm³/mol.